The molecule has 1 amide bonds. The molecular formula is C10H11BrN2OS. The molecule has 1 aliphatic heterocycles. The van der Waals surface area contributed by atoms with E-state index in [2.05, 4.69) is 26.3 Å². The fraction of sp³-hybridized carbons (Fsp3) is 0.600. The standard InChI is InChI=1S/C10H11BrN2OS/c11-7-3-4-13(9(7)14)10-12-8(5-15-10)6-1-2-6/h5-7H,1-4H2. The number of anilines is 1. The minimum absolute atomic E-state index is 0.00854. The van der Waals surface area contributed by atoms with Gasteiger partial charge in [-0.2, -0.15) is 0 Å². The smallest absolute Gasteiger partial charge is 0.242 e. The lowest BCUT2D eigenvalue weighted by Crippen LogP contribution is -2.26. The highest BCUT2D eigenvalue weighted by Crippen LogP contribution is 2.41. The fourth-order valence-corrected chi connectivity index (χ4v) is 3.19. The normalized spacial score (nSPS) is 26.3. The van der Waals surface area contributed by atoms with Crippen LogP contribution in [0.3, 0.4) is 0 Å². The maximum absolute atomic E-state index is 11.7. The third kappa shape index (κ3) is 1.72. The van der Waals surface area contributed by atoms with Gasteiger partial charge in [0.05, 0.1) is 10.5 Å². The van der Waals surface area contributed by atoms with Crippen LogP contribution in [0.15, 0.2) is 5.38 Å². The number of halogens is 1. The maximum atomic E-state index is 11.7. The van der Waals surface area contributed by atoms with Crippen LogP contribution in [0.1, 0.15) is 30.9 Å². The molecule has 80 valence electrons. The van der Waals surface area contributed by atoms with Crippen molar-refractivity contribution in [2.75, 3.05) is 11.4 Å². The van der Waals surface area contributed by atoms with Crippen molar-refractivity contribution in [1.29, 1.82) is 0 Å². The van der Waals surface area contributed by atoms with E-state index in [1.807, 2.05) is 0 Å². The number of carbonyl (C=O) groups is 1. The van der Waals surface area contributed by atoms with E-state index in [1.165, 1.54) is 18.5 Å². The summed E-state index contributed by atoms with van der Waals surface area (Å²) in [5.74, 6) is 0.833. The Labute approximate surface area is 101 Å². The molecule has 1 aromatic rings. The molecule has 1 atom stereocenters. The van der Waals surface area contributed by atoms with Crippen LogP contribution in [0.2, 0.25) is 0 Å². The van der Waals surface area contributed by atoms with E-state index in [9.17, 15) is 4.79 Å². The Morgan fingerprint density at radius 1 is 1.47 bits per heavy atom. The molecule has 2 aliphatic rings. The minimum Gasteiger partial charge on any atom is -0.287 e. The predicted molar refractivity (Wildman–Crippen MR) is 63.8 cm³/mol. The second-order valence-corrected chi connectivity index (χ2v) is 6.02. The van der Waals surface area contributed by atoms with Crippen molar-refractivity contribution >= 4 is 38.3 Å². The molecule has 0 bridgehead atoms. The first kappa shape index (κ1) is 9.78. The number of rotatable bonds is 2. The molecule has 0 spiro atoms. The van der Waals surface area contributed by atoms with Crippen molar-refractivity contribution in [3.05, 3.63) is 11.1 Å². The lowest BCUT2D eigenvalue weighted by atomic mass is 10.3. The number of aromatic nitrogens is 1. The van der Waals surface area contributed by atoms with Gasteiger partial charge in [0.15, 0.2) is 5.13 Å². The molecule has 1 aromatic heterocycles. The molecule has 2 heterocycles. The second-order valence-electron chi connectivity index (χ2n) is 4.08. The van der Waals surface area contributed by atoms with Gasteiger partial charge in [0.2, 0.25) is 5.91 Å². The molecule has 2 fully saturated rings. The first-order valence-electron chi connectivity index (χ1n) is 5.16. The van der Waals surface area contributed by atoms with E-state index in [4.69, 9.17) is 0 Å². The summed E-state index contributed by atoms with van der Waals surface area (Å²) in [5.41, 5.74) is 1.18. The maximum Gasteiger partial charge on any atom is 0.242 e. The SMILES string of the molecule is O=C1C(Br)CCN1c1nc(C2CC2)cs1. The Morgan fingerprint density at radius 3 is 2.87 bits per heavy atom. The minimum atomic E-state index is -0.00854. The van der Waals surface area contributed by atoms with Crippen LogP contribution in [0.5, 0.6) is 0 Å². The molecule has 5 heteroatoms. The Hall–Kier alpha value is -0.420. The van der Waals surface area contributed by atoms with Gasteiger partial charge in [0.25, 0.3) is 0 Å². The topological polar surface area (TPSA) is 33.2 Å². The summed E-state index contributed by atoms with van der Waals surface area (Å²) in [6.07, 6.45) is 3.41. The Morgan fingerprint density at radius 2 is 2.27 bits per heavy atom. The Kier molecular flexibility index (Phi) is 2.32. The highest BCUT2D eigenvalue weighted by Gasteiger charge is 2.33. The van der Waals surface area contributed by atoms with Crippen molar-refractivity contribution in [2.24, 2.45) is 0 Å². The highest BCUT2D eigenvalue weighted by atomic mass is 79.9. The lowest BCUT2D eigenvalue weighted by molar-refractivity contribution is -0.116. The van der Waals surface area contributed by atoms with Crippen molar-refractivity contribution < 1.29 is 4.79 Å². The molecular weight excluding hydrogens is 276 g/mol. The average Bonchev–Trinajstić information content (AvgIpc) is 2.89. The summed E-state index contributed by atoms with van der Waals surface area (Å²) in [6, 6.07) is 0. The summed E-state index contributed by atoms with van der Waals surface area (Å²) < 4.78 is 0. The first-order chi connectivity index (χ1) is 7.25. The van der Waals surface area contributed by atoms with Gasteiger partial charge in [-0.1, -0.05) is 15.9 Å². The molecule has 1 saturated carbocycles. The summed E-state index contributed by atoms with van der Waals surface area (Å²) in [5, 5.41) is 2.98. The zero-order valence-corrected chi connectivity index (χ0v) is 10.6. The van der Waals surface area contributed by atoms with Crippen molar-refractivity contribution in [3.63, 3.8) is 0 Å². The molecule has 15 heavy (non-hydrogen) atoms. The van der Waals surface area contributed by atoms with Gasteiger partial charge in [0.1, 0.15) is 0 Å². The molecule has 1 aliphatic carbocycles. The van der Waals surface area contributed by atoms with E-state index in [0.717, 1.165) is 18.1 Å². The van der Waals surface area contributed by atoms with Gasteiger partial charge in [-0.3, -0.25) is 9.69 Å². The molecule has 1 unspecified atom stereocenters. The van der Waals surface area contributed by atoms with Gasteiger partial charge < -0.3 is 0 Å². The Balaban J connectivity index is 1.83. The Bertz CT molecular complexity index is 402. The number of hydrogen-bond acceptors (Lipinski definition) is 3. The third-order valence-corrected chi connectivity index (χ3v) is 4.61. The van der Waals surface area contributed by atoms with Crippen LogP contribution in [0, 0.1) is 0 Å². The molecule has 3 rings (SSSR count). The largest absolute Gasteiger partial charge is 0.287 e. The summed E-state index contributed by atoms with van der Waals surface area (Å²) in [7, 11) is 0. The van der Waals surface area contributed by atoms with Gasteiger partial charge >= 0.3 is 0 Å². The van der Waals surface area contributed by atoms with Crippen LogP contribution >= 0.6 is 27.3 Å². The second kappa shape index (κ2) is 3.56. The van der Waals surface area contributed by atoms with Crippen molar-refractivity contribution in [1.82, 2.24) is 4.98 Å². The quantitative estimate of drug-likeness (QED) is 0.783. The predicted octanol–water partition coefficient (Wildman–Crippen LogP) is 2.52. The van der Waals surface area contributed by atoms with E-state index >= 15 is 0 Å². The summed E-state index contributed by atoms with van der Waals surface area (Å²) in [6.45, 7) is 0.798. The van der Waals surface area contributed by atoms with Crippen LogP contribution in [0.4, 0.5) is 5.13 Å². The van der Waals surface area contributed by atoms with E-state index < -0.39 is 0 Å². The number of carbonyl (C=O) groups excluding carboxylic acids is 1. The number of hydrogen-bond donors (Lipinski definition) is 0. The summed E-state index contributed by atoms with van der Waals surface area (Å²) in [4.78, 5) is 18.1. The van der Waals surface area contributed by atoms with Crippen LogP contribution < -0.4 is 4.90 Å². The molecule has 1 saturated heterocycles. The van der Waals surface area contributed by atoms with E-state index in [-0.39, 0.29) is 10.7 Å². The zero-order chi connectivity index (χ0) is 10.4. The fourth-order valence-electron chi connectivity index (χ4n) is 1.80. The average molecular weight is 287 g/mol. The third-order valence-electron chi connectivity index (χ3n) is 2.88. The number of alkyl halides is 1. The molecule has 0 aromatic carbocycles. The van der Waals surface area contributed by atoms with E-state index in [0.29, 0.717) is 5.92 Å². The van der Waals surface area contributed by atoms with Gasteiger partial charge in [-0.15, -0.1) is 11.3 Å². The first-order valence-corrected chi connectivity index (χ1v) is 6.96. The van der Waals surface area contributed by atoms with Crippen LogP contribution in [-0.4, -0.2) is 22.3 Å². The van der Waals surface area contributed by atoms with Gasteiger partial charge in [-0.05, 0) is 19.3 Å². The van der Waals surface area contributed by atoms with Crippen LogP contribution in [0.25, 0.3) is 0 Å². The highest BCUT2D eigenvalue weighted by molar-refractivity contribution is 9.10. The van der Waals surface area contributed by atoms with Crippen molar-refractivity contribution in [2.45, 2.75) is 30.0 Å². The summed E-state index contributed by atoms with van der Waals surface area (Å²) >= 11 is 4.97. The van der Waals surface area contributed by atoms with Gasteiger partial charge in [0, 0.05) is 17.8 Å². The number of nitrogens with zero attached hydrogens (tertiary/aromatic N) is 2. The van der Waals surface area contributed by atoms with Crippen LogP contribution in [-0.2, 0) is 4.79 Å². The van der Waals surface area contributed by atoms with Gasteiger partial charge in [-0.25, -0.2) is 4.98 Å². The van der Waals surface area contributed by atoms with E-state index in [1.54, 1.807) is 16.2 Å². The monoisotopic (exact) mass is 286 g/mol. The molecule has 0 radical (unpaired) electrons. The zero-order valence-electron chi connectivity index (χ0n) is 8.15. The number of amides is 1. The number of thiazole rings is 1. The molecule has 0 N–H and O–H groups in total. The van der Waals surface area contributed by atoms with Crippen molar-refractivity contribution in [3.8, 4) is 0 Å². The molecule has 3 nitrogen and oxygen atoms in total. The lowest BCUT2D eigenvalue weighted by Gasteiger charge is -2.10.